The van der Waals surface area contributed by atoms with Crippen molar-refractivity contribution >= 4 is 22.9 Å². The van der Waals surface area contributed by atoms with Crippen molar-refractivity contribution in [3.63, 3.8) is 0 Å². The van der Waals surface area contributed by atoms with Crippen LogP contribution in [0, 0.1) is 12.3 Å². The first kappa shape index (κ1) is 19.8. The number of hydrogen-bond acceptors (Lipinski definition) is 5. The Kier molecular flexibility index (Phi) is 6.69. The average molecular weight is 388 g/mol. The van der Waals surface area contributed by atoms with E-state index in [1.807, 2.05) is 42.5 Å². The maximum absolute atomic E-state index is 12.1. The summed E-state index contributed by atoms with van der Waals surface area (Å²) < 4.78 is 16.3. The fraction of sp³-hybridized carbons (Fsp3) is 0.130. The van der Waals surface area contributed by atoms with Gasteiger partial charge in [-0.2, -0.15) is 5.10 Å². The molecule has 0 aliphatic carbocycles. The van der Waals surface area contributed by atoms with Gasteiger partial charge < -0.3 is 14.2 Å². The Hall–Kier alpha value is -3.98. The number of nitrogens with zero attached hydrogens (tertiary/aromatic N) is 1. The van der Waals surface area contributed by atoms with E-state index in [2.05, 4.69) is 16.4 Å². The molecule has 3 aromatic carbocycles. The van der Waals surface area contributed by atoms with Gasteiger partial charge in [-0.05, 0) is 29.0 Å². The van der Waals surface area contributed by atoms with Crippen LogP contribution in [0.2, 0.25) is 0 Å². The van der Waals surface area contributed by atoms with Crippen LogP contribution in [0.3, 0.4) is 0 Å². The Morgan fingerprint density at radius 3 is 2.59 bits per heavy atom. The van der Waals surface area contributed by atoms with E-state index in [-0.39, 0.29) is 13.2 Å². The third-order valence-electron chi connectivity index (χ3n) is 4.05. The first-order valence-corrected chi connectivity index (χ1v) is 8.88. The third-order valence-corrected chi connectivity index (χ3v) is 4.05. The Labute approximate surface area is 169 Å². The Morgan fingerprint density at radius 2 is 1.79 bits per heavy atom. The number of carbonyl (C=O) groups is 1. The first-order valence-electron chi connectivity index (χ1n) is 8.88. The molecule has 0 aromatic heterocycles. The van der Waals surface area contributed by atoms with Crippen molar-refractivity contribution in [3.8, 4) is 29.6 Å². The highest BCUT2D eigenvalue weighted by Gasteiger charge is 2.08. The predicted octanol–water partition coefficient (Wildman–Crippen LogP) is 3.39. The second kappa shape index (κ2) is 9.81. The van der Waals surface area contributed by atoms with Gasteiger partial charge in [0.15, 0.2) is 18.1 Å². The second-order valence-electron chi connectivity index (χ2n) is 5.92. The average Bonchev–Trinajstić information content (AvgIpc) is 2.77. The van der Waals surface area contributed by atoms with E-state index in [1.54, 1.807) is 18.2 Å². The van der Waals surface area contributed by atoms with E-state index < -0.39 is 5.91 Å². The number of ether oxygens (including phenoxy) is 3. The predicted molar refractivity (Wildman–Crippen MR) is 113 cm³/mol. The summed E-state index contributed by atoms with van der Waals surface area (Å²) in [5, 5.41) is 6.00. The standard InChI is InChI=1S/C23H20N2O4/c1-3-14-28-20-13-12-17-8-4-5-9-18(17)19(20)15-24-25-23(26)16-29-22-11-7-6-10-21(22)27-2/h1,4-13,15H,14,16H2,2H3,(H,25,26)/b24-15-. The van der Waals surface area contributed by atoms with Crippen LogP contribution in [-0.4, -0.2) is 32.4 Å². The normalized spacial score (nSPS) is 10.5. The van der Waals surface area contributed by atoms with E-state index in [0.29, 0.717) is 17.2 Å². The lowest BCUT2D eigenvalue weighted by molar-refractivity contribution is -0.123. The maximum Gasteiger partial charge on any atom is 0.277 e. The molecule has 0 fully saturated rings. The van der Waals surface area contributed by atoms with Gasteiger partial charge in [0.1, 0.15) is 12.4 Å². The van der Waals surface area contributed by atoms with E-state index in [1.165, 1.54) is 13.3 Å². The van der Waals surface area contributed by atoms with Crippen LogP contribution in [0.1, 0.15) is 5.56 Å². The summed E-state index contributed by atoms with van der Waals surface area (Å²) in [5.41, 5.74) is 3.18. The molecular weight excluding hydrogens is 368 g/mol. The Morgan fingerprint density at radius 1 is 1.03 bits per heavy atom. The molecule has 0 unspecified atom stereocenters. The molecule has 6 nitrogen and oxygen atoms in total. The molecule has 0 heterocycles. The van der Waals surface area contributed by atoms with Crippen molar-refractivity contribution in [1.29, 1.82) is 0 Å². The Balaban J connectivity index is 1.70. The van der Waals surface area contributed by atoms with E-state index in [4.69, 9.17) is 20.6 Å². The molecule has 3 aromatic rings. The molecule has 3 rings (SSSR count). The largest absolute Gasteiger partial charge is 0.493 e. The first-order chi connectivity index (χ1) is 14.2. The molecule has 0 saturated carbocycles. The molecule has 0 radical (unpaired) electrons. The number of nitrogens with one attached hydrogen (secondary N) is 1. The number of terminal acetylenes is 1. The third kappa shape index (κ3) is 5.05. The van der Waals surface area contributed by atoms with Gasteiger partial charge in [0.25, 0.3) is 5.91 Å². The summed E-state index contributed by atoms with van der Waals surface area (Å²) in [6.45, 7) is -0.0635. The molecule has 0 atom stereocenters. The number of amides is 1. The highest BCUT2D eigenvalue weighted by atomic mass is 16.5. The van der Waals surface area contributed by atoms with E-state index in [0.717, 1.165) is 16.3 Å². The highest BCUT2D eigenvalue weighted by molar-refractivity contribution is 6.02. The number of hydrogen-bond donors (Lipinski definition) is 1. The fourth-order valence-corrected chi connectivity index (χ4v) is 2.74. The number of hydrazone groups is 1. The van der Waals surface area contributed by atoms with Crippen molar-refractivity contribution in [2.75, 3.05) is 20.3 Å². The van der Waals surface area contributed by atoms with Gasteiger partial charge in [-0.3, -0.25) is 4.79 Å². The lowest BCUT2D eigenvalue weighted by atomic mass is 10.0. The van der Waals surface area contributed by atoms with Gasteiger partial charge >= 0.3 is 0 Å². The number of methoxy groups -OCH3 is 1. The van der Waals surface area contributed by atoms with Crippen LogP contribution in [0.15, 0.2) is 65.8 Å². The van der Waals surface area contributed by atoms with Crippen molar-refractivity contribution in [2.45, 2.75) is 0 Å². The summed E-state index contributed by atoms with van der Waals surface area (Å²) in [6, 6.07) is 18.7. The fourth-order valence-electron chi connectivity index (χ4n) is 2.74. The molecular formula is C23H20N2O4. The summed E-state index contributed by atoms with van der Waals surface area (Å²) in [4.78, 5) is 12.1. The van der Waals surface area contributed by atoms with Crippen LogP contribution in [0.25, 0.3) is 10.8 Å². The van der Waals surface area contributed by atoms with Crippen molar-refractivity contribution in [2.24, 2.45) is 5.10 Å². The van der Waals surface area contributed by atoms with Crippen LogP contribution in [-0.2, 0) is 4.79 Å². The van der Waals surface area contributed by atoms with Crippen molar-refractivity contribution in [1.82, 2.24) is 5.43 Å². The van der Waals surface area contributed by atoms with Crippen molar-refractivity contribution in [3.05, 3.63) is 66.2 Å². The van der Waals surface area contributed by atoms with Crippen LogP contribution >= 0.6 is 0 Å². The minimum absolute atomic E-state index is 0.137. The van der Waals surface area contributed by atoms with Gasteiger partial charge in [-0.1, -0.05) is 48.4 Å². The van der Waals surface area contributed by atoms with Gasteiger partial charge in [0.2, 0.25) is 0 Å². The monoisotopic (exact) mass is 388 g/mol. The summed E-state index contributed by atoms with van der Waals surface area (Å²) in [5.74, 6) is 3.66. The minimum Gasteiger partial charge on any atom is -0.493 e. The summed E-state index contributed by atoms with van der Waals surface area (Å²) >= 11 is 0. The molecule has 1 amide bonds. The smallest absolute Gasteiger partial charge is 0.277 e. The van der Waals surface area contributed by atoms with Gasteiger partial charge in [-0.25, -0.2) is 5.43 Å². The molecule has 6 heteroatoms. The van der Waals surface area contributed by atoms with E-state index in [9.17, 15) is 4.79 Å². The molecule has 29 heavy (non-hydrogen) atoms. The van der Waals surface area contributed by atoms with Gasteiger partial charge in [-0.15, -0.1) is 6.42 Å². The van der Waals surface area contributed by atoms with Crippen LogP contribution in [0.5, 0.6) is 17.2 Å². The number of carbonyl (C=O) groups excluding carboxylic acids is 1. The van der Waals surface area contributed by atoms with E-state index >= 15 is 0 Å². The topological polar surface area (TPSA) is 69.2 Å². The zero-order valence-electron chi connectivity index (χ0n) is 15.9. The zero-order chi connectivity index (χ0) is 20.5. The lowest BCUT2D eigenvalue weighted by Crippen LogP contribution is -2.24. The summed E-state index contributed by atoms with van der Waals surface area (Å²) in [7, 11) is 1.54. The molecule has 0 aliphatic rings. The second-order valence-corrected chi connectivity index (χ2v) is 5.92. The summed E-state index contributed by atoms with van der Waals surface area (Å²) in [6.07, 6.45) is 6.83. The minimum atomic E-state index is -0.404. The molecule has 0 saturated heterocycles. The van der Waals surface area contributed by atoms with Crippen LogP contribution < -0.4 is 19.6 Å². The molecule has 0 spiro atoms. The Bertz CT molecular complexity index is 1070. The number of fused-ring (bicyclic) bond motifs is 1. The molecule has 1 N–H and O–H groups in total. The molecule has 0 aliphatic heterocycles. The van der Waals surface area contributed by atoms with Gasteiger partial charge in [0.05, 0.1) is 13.3 Å². The SMILES string of the molecule is C#CCOc1ccc2ccccc2c1/C=N\NC(=O)COc1ccccc1OC. The van der Waals surface area contributed by atoms with Crippen molar-refractivity contribution < 1.29 is 19.0 Å². The van der Waals surface area contributed by atoms with Crippen LogP contribution in [0.4, 0.5) is 0 Å². The maximum atomic E-state index is 12.1. The molecule has 146 valence electrons. The quantitative estimate of drug-likeness (QED) is 0.365. The number of para-hydroxylation sites is 2. The lowest BCUT2D eigenvalue weighted by Gasteiger charge is -2.10. The zero-order valence-corrected chi connectivity index (χ0v) is 15.9. The molecule has 0 bridgehead atoms. The number of rotatable bonds is 8. The number of benzene rings is 3. The van der Waals surface area contributed by atoms with Gasteiger partial charge in [0, 0.05) is 5.56 Å². The highest BCUT2D eigenvalue weighted by Crippen LogP contribution is 2.27.